The smallest absolute Gasteiger partial charge is 0.271 e. The van der Waals surface area contributed by atoms with Crippen LogP contribution in [0, 0.1) is 17.0 Å². The molecule has 0 aliphatic carbocycles. The summed E-state index contributed by atoms with van der Waals surface area (Å²) in [5.41, 5.74) is 5.29. The van der Waals surface area contributed by atoms with Crippen molar-refractivity contribution >= 4 is 30.0 Å². The maximum absolute atomic E-state index is 11.1. The fraction of sp³-hybridized carbons (Fsp3) is 0.0909. The van der Waals surface area contributed by atoms with Crippen LogP contribution in [0.2, 0.25) is 0 Å². The van der Waals surface area contributed by atoms with E-state index in [4.69, 9.17) is 4.79 Å². The minimum Gasteiger partial charge on any atom is -0.307 e. The number of nitro groups is 1. The Morgan fingerprint density at radius 1 is 1.13 bits per heavy atom. The lowest BCUT2D eigenvalue weighted by atomic mass is 10.1. The number of benzene rings is 1. The van der Waals surface area contributed by atoms with Gasteiger partial charge in [-0.15, -0.1) is 0 Å². The van der Waals surface area contributed by atoms with Gasteiger partial charge >= 0.3 is 0 Å². The summed E-state index contributed by atoms with van der Waals surface area (Å²) in [5.74, 6) is 0. The zero-order chi connectivity index (χ0) is 22.4. The summed E-state index contributed by atoms with van der Waals surface area (Å²) in [5, 5.41) is 17.1. The van der Waals surface area contributed by atoms with E-state index in [0.29, 0.717) is 5.69 Å². The molecule has 31 heavy (non-hydrogen) atoms. The molecule has 0 saturated heterocycles. The van der Waals surface area contributed by atoms with Crippen molar-refractivity contribution in [1.29, 1.82) is 0 Å². The third-order valence-electron chi connectivity index (χ3n) is 4.66. The van der Waals surface area contributed by atoms with Gasteiger partial charge in [-0.2, -0.15) is 5.10 Å². The van der Waals surface area contributed by atoms with Gasteiger partial charge in [0.2, 0.25) is 0 Å². The summed E-state index contributed by atoms with van der Waals surface area (Å²) in [6.45, 7) is 3.89. The Kier molecular flexibility index (Phi) is 6.46. The first kappa shape index (κ1) is 21.3. The highest BCUT2D eigenvalue weighted by Gasteiger charge is 2.11. The van der Waals surface area contributed by atoms with Gasteiger partial charge in [0.1, 0.15) is 12.4 Å². The number of nitrogens with zero attached hydrogens (tertiary/aromatic N) is 6. The van der Waals surface area contributed by atoms with E-state index in [1.165, 1.54) is 12.1 Å². The summed E-state index contributed by atoms with van der Waals surface area (Å²) >= 11 is 0. The van der Waals surface area contributed by atoms with E-state index in [0.717, 1.165) is 28.0 Å². The predicted octanol–water partition coefficient (Wildman–Crippen LogP) is 3.90. The quantitative estimate of drug-likeness (QED) is 0.277. The molecule has 3 aromatic heterocycles. The number of carbonyl (C=O) groups is 1. The summed E-state index contributed by atoms with van der Waals surface area (Å²) in [7, 11) is 1.76. The molecule has 0 unspecified atom stereocenters. The van der Waals surface area contributed by atoms with Crippen LogP contribution in [0.15, 0.2) is 72.4 Å². The molecule has 1 aromatic carbocycles. The lowest BCUT2D eigenvalue weighted by molar-refractivity contribution is -0.384. The third kappa shape index (κ3) is 4.61. The lowest BCUT2D eigenvalue weighted by Gasteiger charge is -2.15. The fourth-order valence-electron chi connectivity index (χ4n) is 3.08. The number of anilines is 1. The monoisotopic (exact) mass is 416 g/mol. The second kappa shape index (κ2) is 9.40. The summed E-state index contributed by atoms with van der Waals surface area (Å²) in [6, 6.07) is 12.6. The molecular weight excluding hydrogens is 396 g/mol. The Balaban J connectivity index is 0.00000132. The second-order valence-corrected chi connectivity index (χ2v) is 6.56. The number of hydrogen-bond acceptors (Lipinski definition) is 7. The lowest BCUT2D eigenvalue weighted by Crippen LogP contribution is -2.11. The average molecular weight is 416 g/mol. The predicted molar refractivity (Wildman–Crippen MR) is 119 cm³/mol. The molecule has 0 amide bonds. The zero-order valence-electron chi connectivity index (χ0n) is 17.0. The maximum atomic E-state index is 11.1. The molecule has 4 aromatic rings. The molecule has 0 N–H and O–H groups in total. The first-order chi connectivity index (χ1) is 15.0. The van der Waals surface area contributed by atoms with Gasteiger partial charge in [-0.1, -0.05) is 6.07 Å². The number of hydrazone groups is 1. The molecule has 0 atom stereocenters. The minimum atomic E-state index is -0.411. The maximum Gasteiger partial charge on any atom is 0.271 e. The molecule has 9 nitrogen and oxygen atoms in total. The molecule has 0 bridgehead atoms. The standard InChI is InChI=1S/C21H18N6O2.CH2O/c1-15-3-5-18(27(28)29)11-20(15)25(2)24-13-19-12-23-21-6-4-17(14-26(19)21)16-7-9-22-10-8-16;1-2/h3-14H,1-2H3;1H2/b24-13+;. The van der Waals surface area contributed by atoms with E-state index < -0.39 is 4.92 Å². The Hall–Kier alpha value is -4.40. The summed E-state index contributed by atoms with van der Waals surface area (Å²) in [4.78, 5) is 27.1. The van der Waals surface area contributed by atoms with Crippen molar-refractivity contribution < 1.29 is 9.72 Å². The highest BCUT2D eigenvalue weighted by Crippen LogP contribution is 2.25. The Morgan fingerprint density at radius 3 is 2.58 bits per heavy atom. The topological polar surface area (TPSA) is 106 Å². The van der Waals surface area contributed by atoms with Gasteiger partial charge in [-0.05, 0) is 47.9 Å². The first-order valence-corrected chi connectivity index (χ1v) is 9.22. The fourth-order valence-corrected chi connectivity index (χ4v) is 3.08. The molecule has 0 aliphatic rings. The van der Waals surface area contributed by atoms with Crippen molar-refractivity contribution in [1.82, 2.24) is 14.4 Å². The van der Waals surface area contributed by atoms with Gasteiger partial charge in [0.05, 0.1) is 28.7 Å². The largest absolute Gasteiger partial charge is 0.307 e. The molecule has 0 radical (unpaired) electrons. The second-order valence-electron chi connectivity index (χ2n) is 6.56. The minimum absolute atomic E-state index is 0.0319. The third-order valence-corrected chi connectivity index (χ3v) is 4.66. The summed E-state index contributed by atoms with van der Waals surface area (Å²) < 4.78 is 1.95. The van der Waals surface area contributed by atoms with Gasteiger partial charge < -0.3 is 4.79 Å². The number of imidazole rings is 1. The van der Waals surface area contributed by atoms with E-state index in [1.807, 2.05) is 48.6 Å². The zero-order valence-corrected chi connectivity index (χ0v) is 17.0. The summed E-state index contributed by atoms with van der Waals surface area (Å²) in [6.07, 6.45) is 8.94. The molecule has 0 saturated carbocycles. The number of carbonyl (C=O) groups excluding carboxylic acids is 1. The van der Waals surface area contributed by atoms with Gasteiger partial charge in [0, 0.05) is 37.8 Å². The number of aromatic nitrogens is 3. The molecule has 9 heteroatoms. The molecule has 156 valence electrons. The van der Waals surface area contributed by atoms with Crippen LogP contribution in [-0.4, -0.2) is 39.3 Å². The van der Waals surface area contributed by atoms with Crippen LogP contribution in [-0.2, 0) is 4.79 Å². The SMILES string of the molecule is C=O.Cc1ccc([N+](=O)[O-])cc1N(C)/N=C/c1cnc2ccc(-c3ccncc3)cn12. The number of nitro benzene ring substituents is 1. The molecular formula is C22H20N6O3. The van der Waals surface area contributed by atoms with Crippen LogP contribution >= 0.6 is 0 Å². The van der Waals surface area contributed by atoms with Crippen molar-refractivity contribution in [2.24, 2.45) is 5.10 Å². The highest BCUT2D eigenvalue weighted by atomic mass is 16.6. The van der Waals surface area contributed by atoms with Crippen molar-refractivity contribution in [3.05, 3.63) is 88.6 Å². The molecule has 3 heterocycles. The van der Waals surface area contributed by atoms with E-state index in [-0.39, 0.29) is 5.69 Å². The van der Waals surface area contributed by atoms with E-state index in [9.17, 15) is 10.1 Å². The number of rotatable bonds is 5. The van der Waals surface area contributed by atoms with Crippen molar-refractivity contribution in [2.75, 3.05) is 12.1 Å². The van der Waals surface area contributed by atoms with Crippen LogP contribution in [0.4, 0.5) is 11.4 Å². The van der Waals surface area contributed by atoms with E-state index in [2.05, 4.69) is 15.1 Å². The molecule has 4 rings (SSSR count). The highest BCUT2D eigenvalue weighted by molar-refractivity contribution is 5.80. The molecule has 0 fully saturated rings. The van der Waals surface area contributed by atoms with Crippen molar-refractivity contribution in [2.45, 2.75) is 6.92 Å². The Morgan fingerprint density at radius 2 is 1.87 bits per heavy atom. The van der Waals surface area contributed by atoms with Crippen molar-refractivity contribution in [3.8, 4) is 11.1 Å². The van der Waals surface area contributed by atoms with Crippen LogP contribution in [0.1, 0.15) is 11.3 Å². The van der Waals surface area contributed by atoms with Gasteiger partial charge in [-0.25, -0.2) is 4.98 Å². The van der Waals surface area contributed by atoms with Gasteiger partial charge in [-0.3, -0.25) is 24.5 Å². The normalized spacial score (nSPS) is 10.6. The Bertz CT molecular complexity index is 1240. The molecule has 0 spiro atoms. The number of hydrogen-bond donors (Lipinski definition) is 0. The number of non-ortho nitro benzene ring substituents is 1. The number of pyridine rings is 2. The van der Waals surface area contributed by atoms with E-state index >= 15 is 0 Å². The van der Waals surface area contributed by atoms with Crippen LogP contribution in [0.25, 0.3) is 16.8 Å². The van der Waals surface area contributed by atoms with Gasteiger partial charge in [0.25, 0.3) is 5.69 Å². The van der Waals surface area contributed by atoms with Crippen molar-refractivity contribution in [3.63, 3.8) is 0 Å². The van der Waals surface area contributed by atoms with Crippen LogP contribution in [0.5, 0.6) is 0 Å². The van der Waals surface area contributed by atoms with Crippen LogP contribution in [0.3, 0.4) is 0 Å². The van der Waals surface area contributed by atoms with Crippen LogP contribution < -0.4 is 5.01 Å². The number of fused-ring (bicyclic) bond motifs is 1. The average Bonchev–Trinajstić information content (AvgIpc) is 3.21. The van der Waals surface area contributed by atoms with E-state index in [1.54, 1.807) is 42.9 Å². The first-order valence-electron chi connectivity index (χ1n) is 9.22. The van der Waals surface area contributed by atoms with Gasteiger partial charge in [0.15, 0.2) is 0 Å². The Labute approximate surface area is 178 Å². The number of aryl methyl sites for hydroxylation is 1. The molecule has 0 aliphatic heterocycles.